The predicted molar refractivity (Wildman–Crippen MR) is 98.6 cm³/mol. The molecule has 26 heavy (non-hydrogen) atoms. The van der Waals surface area contributed by atoms with Crippen LogP contribution in [0.2, 0.25) is 0 Å². The average molecular weight is 485 g/mol. The highest BCUT2D eigenvalue weighted by Gasteiger charge is 2.18. The molecule has 0 aliphatic heterocycles. The molecule has 1 aromatic carbocycles. The van der Waals surface area contributed by atoms with Crippen molar-refractivity contribution >= 4 is 55.7 Å². The van der Waals surface area contributed by atoms with Gasteiger partial charge in [0.1, 0.15) is 5.70 Å². The van der Waals surface area contributed by atoms with Gasteiger partial charge in [0, 0.05) is 4.47 Å². The topological polar surface area (TPSA) is 111 Å². The molecule has 2 N–H and O–H groups in total. The maximum absolute atomic E-state index is 12.4. The Morgan fingerprint density at radius 1 is 1.12 bits per heavy atom. The fourth-order valence-corrected chi connectivity index (χ4v) is 2.41. The Hall–Kier alpha value is -2.39. The number of carbonyl (C=O) groups excluding carboxylic acids is 3. The van der Waals surface area contributed by atoms with E-state index < -0.39 is 23.8 Å². The molecule has 1 atom stereocenters. The molecule has 0 bridgehead atoms. The van der Waals surface area contributed by atoms with Crippen molar-refractivity contribution < 1.29 is 23.9 Å². The van der Waals surface area contributed by atoms with Crippen LogP contribution >= 0.6 is 31.9 Å². The molecule has 7 nitrogen and oxygen atoms in total. The summed E-state index contributed by atoms with van der Waals surface area (Å²) in [5.74, 6) is -2.89. The number of aliphatic carboxylic acids is 1. The quantitative estimate of drug-likeness (QED) is 0.607. The molecule has 0 spiro atoms. The summed E-state index contributed by atoms with van der Waals surface area (Å²) in [7, 11) is 0. The van der Waals surface area contributed by atoms with Crippen LogP contribution in [0.1, 0.15) is 23.0 Å². The largest absolute Gasteiger partial charge is 0.548 e. The van der Waals surface area contributed by atoms with Crippen molar-refractivity contribution in [2.24, 2.45) is 0 Å². The first-order valence-corrected chi connectivity index (χ1v) is 8.90. The zero-order valence-electron chi connectivity index (χ0n) is 13.4. The van der Waals surface area contributed by atoms with Gasteiger partial charge in [-0.15, -0.1) is 0 Å². The summed E-state index contributed by atoms with van der Waals surface area (Å²) in [6.07, 6.45) is 1.42. The minimum atomic E-state index is -1.44. The molecule has 1 aromatic heterocycles. The third-order valence-electron chi connectivity index (χ3n) is 3.17. The number of rotatable bonds is 6. The Morgan fingerprint density at radius 3 is 2.31 bits per heavy atom. The lowest BCUT2D eigenvalue weighted by atomic mass is 10.2. The summed E-state index contributed by atoms with van der Waals surface area (Å²) in [6, 6.07) is 8.69. The average Bonchev–Trinajstić information content (AvgIpc) is 3.02. The molecule has 0 fully saturated rings. The SMILES string of the molecule is C[C@@H](NC(=O)/C(=C/c1ccc(Br)cc1)NC(=O)c1ccc(Br)o1)C(=O)[O-]. The maximum atomic E-state index is 12.4. The zero-order valence-corrected chi connectivity index (χ0v) is 16.6. The van der Waals surface area contributed by atoms with Gasteiger partial charge in [-0.05, 0) is 58.8 Å². The van der Waals surface area contributed by atoms with Gasteiger partial charge in [-0.2, -0.15) is 0 Å². The van der Waals surface area contributed by atoms with Crippen molar-refractivity contribution in [3.05, 3.63) is 62.6 Å². The van der Waals surface area contributed by atoms with Gasteiger partial charge >= 0.3 is 0 Å². The molecule has 136 valence electrons. The van der Waals surface area contributed by atoms with E-state index in [0.29, 0.717) is 10.2 Å². The number of hydrogen-bond acceptors (Lipinski definition) is 5. The number of carboxylic acids is 1. The lowest BCUT2D eigenvalue weighted by Crippen LogP contribution is -2.48. The van der Waals surface area contributed by atoms with E-state index in [4.69, 9.17) is 4.42 Å². The standard InChI is InChI=1S/C17H14Br2N2O5/c1-9(17(24)25)20-15(22)12(8-10-2-4-11(18)5-3-10)21-16(23)13-6-7-14(19)26-13/h2-9H,1H3,(H,20,22)(H,21,23)(H,24,25)/p-1/b12-8-/t9-/m1/s1. The maximum Gasteiger partial charge on any atom is 0.291 e. The number of furan rings is 1. The lowest BCUT2D eigenvalue weighted by molar-refractivity contribution is -0.307. The van der Waals surface area contributed by atoms with E-state index in [2.05, 4.69) is 42.5 Å². The summed E-state index contributed by atoms with van der Waals surface area (Å²) < 4.78 is 6.35. The van der Waals surface area contributed by atoms with Gasteiger partial charge in [-0.3, -0.25) is 9.59 Å². The molecule has 0 saturated carbocycles. The molecule has 0 aliphatic carbocycles. The van der Waals surface area contributed by atoms with Crippen molar-refractivity contribution in [2.45, 2.75) is 13.0 Å². The van der Waals surface area contributed by atoms with Gasteiger partial charge in [0.15, 0.2) is 10.4 Å². The third-order valence-corrected chi connectivity index (χ3v) is 4.13. The van der Waals surface area contributed by atoms with E-state index in [9.17, 15) is 19.5 Å². The Morgan fingerprint density at radius 2 is 1.77 bits per heavy atom. The van der Waals surface area contributed by atoms with Crippen LogP contribution in [0.15, 0.2) is 55.7 Å². The first-order valence-electron chi connectivity index (χ1n) is 7.32. The number of nitrogens with one attached hydrogen (secondary N) is 2. The predicted octanol–water partition coefficient (Wildman–Crippen LogP) is 1.83. The zero-order chi connectivity index (χ0) is 19.3. The van der Waals surface area contributed by atoms with Gasteiger partial charge in [-0.25, -0.2) is 0 Å². The van der Waals surface area contributed by atoms with Crippen LogP contribution in [0.5, 0.6) is 0 Å². The highest BCUT2D eigenvalue weighted by Crippen LogP contribution is 2.16. The van der Waals surface area contributed by atoms with Gasteiger partial charge in [-0.1, -0.05) is 28.1 Å². The molecule has 0 saturated heterocycles. The van der Waals surface area contributed by atoms with E-state index in [1.807, 2.05) is 0 Å². The summed E-state index contributed by atoms with van der Waals surface area (Å²) in [4.78, 5) is 35.5. The smallest absolute Gasteiger partial charge is 0.291 e. The third kappa shape index (κ3) is 5.57. The van der Waals surface area contributed by atoms with Crippen LogP contribution in [0.3, 0.4) is 0 Å². The van der Waals surface area contributed by atoms with Crippen LogP contribution in [-0.2, 0) is 9.59 Å². The molecule has 2 amide bonds. The van der Waals surface area contributed by atoms with E-state index >= 15 is 0 Å². The van der Waals surface area contributed by atoms with E-state index in [-0.39, 0.29) is 11.5 Å². The number of halogens is 2. The molecule has 0 aliphatic rings. The van der Waals surface area contributed by atoms with Gasteiger partial charge in [0.25, 0.3) is 11.8 Å². The van der Waals surface area contributed by atoms with Crippen molar-refractivity contribution in [1.82, 2.24) is 10.6 Å². The fraction of sp³-hybridized carbons (Fsp3) is 0.118. The first-order chi connectivity index (χ1) is 12.3. The van der Waals surface area contributed by atoms with Gasteiger partial charge in [0.2, 0.25) is 0 Å². The van der Waals surface area contributed by atoms with Crippen molar-refractivity contribution in [3.63, 3.8) is 0 Å². The fourth-order valence-electron chi connectivity index (χ4n) is 1.84. The summed E-state index contributed by atoms with van der Waals surface area (Å²) in [6.45, 7) is 1.26. The number of hydrogen-bond donors (Lipinski definition) is 2. The lowest BCUT2D eigenvalue weighted by Gasteiger charge is -2.16. The molecule has 9 heteroatoms. The Balaban J connectivity index is 2.28. The van der Waals surface area contributed by atoms with Crippen LogP contribution in [0, 0.1) is 0 Å². The van der Waals surface area contributed by atoms with E-state index in [0.717, 1.165) is 4.47 Å². The minimum Gasteiger partial charge on any atom is -0.548 e. The monoisotopic (exact) mass is 483 g/mol. The molecule has 2 aromatic rings. The van der Waals surface area contributed by atoms with Crippen molar-refractivity contribution in [2.75, 3.05) is 0 Å². The van der Waals surface area contributed by atoms with Gasteiger partial charge < -0.3 is 25.0 Å². The van der Waals surface area contributed by atoms with Crippen LogP contribution in [0.4, 0.5) is 0 Å². The van der Waals surface area contributed by atoms with E-state index in [1.165, 1.54) is 25.1 Å². The summed E-state index contributed by atoms with van der Waals surface area (Å²) >= 11 is 6.39. The Bertz CT molecular complexity index is 858. The molecule has 0 radical (unpaired) electrons. The van der Waals surface area contributed by atoms with Crippen LogP contribution in [0.25, 0.3) is 6.08 Å². The molecular formula is C17H13Br2N2O5-. The van der Waals surface area contributed by atoms with Gasteiger partial charge in [0.05, 0.1) is 12.0 Å². The Kier molecular flexibility index (Phi) is 6.76. The van der Waals surface area contributed by atoms with Crippen molar-refractivity contribution in [3.8, 4) is 0 Å². The second-order valence-electron chi connectivity index (χ2n) is 5.18. The number of amides is 2. The normalized spacial score (nSPS) is 12.3. The molecular weight excluding hydrogens is 472 g/mol. The summed E-state index contributed by atoms with van der Waals surface area (Å²) in [5.41, 5.74) is 0.485. The molecule has 2 rings (SSSR count). The van der Waals surface area contributed by atoms with Crippen molar-refractivity contribution in [1.29, 1.82) is 0 Å². The number of carbonyl (C=O) groups is 3. The number of benzene rings is 1. The Labute approximate surface area is 165 Å². The van der Waals surface area contributed by atoms with E-state index in [1.54, 1.807) is 24.3 Å². The van der Waals surface area contributed by atoms with Crippen LogP contribution < -0.4 is 15.7 Å². The van der Waals surface area contributed by atoms with Crippen LogP contribution in [-0.4, -0.2) is 23.8 Å². The molecule has 1 heterocycles. The second kappa shape index (κ2) is 8.81. The number of carboxylic acid groups (broad SMARTS) is 1. The molecule has 0 unspecified atom stereocenters. The minimum absolute atomic E-state index is 0.0145. The first kappa shape index (κ1) is 19.9. The summed E-state index contributed by atoms with van der Waals surface area (Å²) in [5, 5.41) is 15.5. The second-order valence-corrected chi connectivity index (χ2v) is 6.88. The highest BCUT2D eigenvalue weighted by molar-refractivity contribution is 9.10. The highest BCUT2D eigenvalue weighted by atomic mass is 79.9.